The summed E-state index contributed by atoms with van der Waals surface area (Å²) in [7, 11) is 0. The fourth-order valence-electron chi connectivity index (χ4n) is 7.26. The van der Waals surface area contributed by atoms with Gasteiger partial charge in [-0.1, -0.05) is 121 Å². The molecule has 49 heavy (non-hydrogen) atoms. The lowest BCUT2D eigenvalue weighted by molar-refractivity contribution is 1.27. The van der Waals surface area contributed by atoms with E-state index in [4.69, 9.17) is 9.97 Å². The molecular weight excluding hydrogens is 595 g/mol. The molecule has 0 aliphatic rings. The Kier molecular flexibility index (Phi) is 6.18. The van der Waals surface area contributed by atoms with Gasteiger partial charge in [-0.15, -0.1) is 0 Å². The van der Waals surface area contributed by atoms with E-state index in [0.717, 1.165) is 61.4 Å². The molecule has 3 nitrogen and oxygen atoms in total. The van der Waals surface area contributed by atoms with Crippen LogP contribution in [0.15, 0.2) is 176 Å². The molecule has 7 aromatic carbocycles. The summed E-state index contributed by atoms with van der Waals surface area (Å²) >= 11 is 0. The van der Waals surface area contributed by atoms with Crippen LogP contribution in [-0.4, -0.2) is 14.4 Å². The minimum Gasteiger partial charge on any atom is -0.306 e. The Labute approximate surface area is 283 Å². The van der Waals surface area contributed by atoms with Crippen LogP contribution in [0.1, 0.15) is 0 Å². The molecule has 10 rings (SSSR count). The van der Waals surface area contributed by atoms with Gasteiger partial charge in [0.25, 0.3) is 0 Å². The third-order valence-electron chi connectivity index (χ3n) is 9.69. The quantitative estimate of drug-likeness (QED) is 0.195. The number of hydrogen-bond donors (Lipinski definition) is 0. The molecule has 3 aromatic heterocycles. The smallest absolute Gasteiger partial charge is 0.0951 e. The highest BCUT2D eigenvalue weighted by molar-refractivity contribution is 5.99. The largest absolute Gasteiger partial charge is 0.306 e. The summed E-state index contributed by atoms with van der Waals surface area (Å²) in [6.45, 7) is 0. The number of aromatic nitrogens is 3. The number of para-hydroxylation sites is 3. The standard InChI is InChI=1S/C46H29N3/c1-3-12-32-24-35(22-20-30(32)10-1)41-27-39(28-42(47-41)36-23-21-31-11-2-4-13-33(31)25-36)34-15-9-16-38(26-34)46-45-29-37-14-5-7-18-43(37)49(45)44-19-8-6-17-40(44)48-46/h1-29H. The van der Waals surface area contributed by atoms with Crippen LogP contribution in [0.4, 0.5) is 0 Å². The molecule has 228 valence electrons. The predicted octanol–water partition coefficient (Wildman–Crippen LogP) is 12.0. The van der Waals surface area contributed by atoms with Crippen molar-refractivity contribution in [2.75, 3.05) is 0 Å². The molecule has 0 atom stereocenters. The van der Waals surface area contributed by atoms with Crippen LogP contribution in [0.5, 0.6) is 0 Å². The van der Waals surface area contributed by atoms with Gasteiger partial charge in [0.2, 0.25) is 0 Å². The molecule has 3 heteroatoms. The van der Waals surface area contributed by atoms with E-state index in [1.807, 2.05) is 0 Å². The Morgan fingerprint density at radius 3 is 1.57 bits per heavy atom. The first kappa shape index (κ1) is 27.5. The average Bonchev–Trinajstić information content (AvgIpc) is 3.57. The van der Waals surface area contributed by atoms with Crippen molar-refractivity contribution in [3.8, 4) is 44.9 Å². The SMILES string of the molecule is c1cc(-c2cc(-c3ccc4ccccc4c3)nc(-c3ccc4ccccc4c3)c2)cc(-c2nc3ccccc3n3c2cc2ccccc23)c1. The summed E-state index contributed by atoms with van der Waals surface area (Å²) in [5.74, 6) is 0. The highest BCUT2D eigenvalue weighted by atomic mass is 14.9. The first-order chi connectivity index (χ1) is 24.2. The van der Waals surface area contributed by atoms with E-state index in [0.29, 0.717) is 0 Å². The Bertz CT molecular complexity index is 2800. The molecule has 3 heterocycles. The highest BCUT2D eigenvalue weighted by Crippen LogP contribution is 2.36. The van der Waals surface area contributed by atoms with Crippen LogP contribution in [0.25, 0.3) is 93.9 Å². The Balaban J connectivity index is 1.18. The van der Waals surface area contributed by atoms with Crippen molar-refractivity contribution < 1.29 is 0 Å². The number of benzene rings is 7. The molecule has 0 saturated carbocycles. The van der Waals surface area contributed by atoms with Gasteiger partial charge in [-0.05, 0) is 87.3 Å². The lowest BCUT2D eigenvalue weighted by atomic mass is 9.96. The van der Waals surface area contributed by atoms with Gasteiger partial charge in [0.05, 0.1) is 39.1 Å². The Hall–Kier alpha value is -6.58. The maximum Gasteiger partial charge on any atom is 0.0951 e. The third-order valence-corrected chi connectivity index (χ3v) is 9.69. The lowest BCUT2D eigenvalue weighted by Crippen LogP contribution is -1.96. The molecule has 0 radical (unpaired) electrons. The minimum atomic E-state index is 0.945. The van der Waals surface area contributed by atoms with Gasteiger partial charge in [0.15, 0.2) is 0 Å². The van der Waals surface area contributed by atoms with E-state index in [2.05, 4.69) is 180 Å². The number of pyridine rings is 1. The summed E-state index contributed by atoms with van der Waals surface area (Å²) < 4.78 is 2.35. The van der Waals surface area contributed by atoms with E-state index >= 15 is 0 Å². The van der Waals surface area contributed by atoms with Crippen LogP contribution >= 0.6 is 0 Å². The molecule has 0 aliphatic carbocycles. The van der Waals surface area contributed by atoms with Gasteiger partial charge in [-0.2, -0.15) is 0 Å². The molecule has 0 aliphatic heterocycles. The van der Waals surface area contributed by atoms with Crippen molar-refractivity contribution >= 4 is 49.0 Å². The normalized spacial score (nSPS) is 11.7. The van der Waals surface area contributed by atoms with Crippen molar-refractivity contribution in [3.63, 3.8) is 0 Å². The number of nitrogens with zero attached hydrogens (tertiary/aromatic N) is 3. The van der Waals surface area contributed by atoms with Gasteiger partial charge < -0.3 is 4.40 Å². The second-order valence-corrected chi connectivity index (χ2v) is 12.7. The van der Waals surface area contributed by atoms with Gasteiger partial charge in [0.1, 0.15) is 0 Å². The fraction of sp³-hybridized carbons (Fsp3) is 0. The molecule has 0 fully saturated rings. The molecular formula is C46H29N3. The van der Waals surface area contributed by atoms with Gasteiger partial charge in [0, 0.05) is 22.1 Å². The van der Waals surface area contributed by atoms with Crippen molar-refractivity contribution in [2.24, 2.45) is 0 Å². The van der Waals surface area contributed by atoms with E-state index in [1.165, 1.54) is 32.4 Å². The van der Waals surface area contributed by atoms with E-state index in [-0.39, 0.29) is 0 Å². The van der Waals surface area contributed by atoms with Crippen LogP contribution < -0.4 is 0 Å². The zero-order valence-electron chi connectivity index (χ0n) is 26.6. The Morgan fingerprint density at radius 1 is 0.306 bits per heavy atom. The Morgan fingerprint density at radius 2 is 0.878 bits per heavy atom. The summed E-state index contributed by atoms with van der Waals surface area (Å²) in [6, 6.07) is 62.7. The predicted molar refractivity (Wildman–Crippen MR) is 205 cm³/mol. The van der Waals surface area contributed by atoms with E-state index in [1.54, 1.807) is 0 Å². The topological polar surface area (TPSA) is 30.2 Å². The summed E-state index contributed by atoms with van der Waals surface area (Å²) in [5, 5.41) is 6.04. The van der Waals surface area contributed by atoms with Crippen molar-refractivity contribution in [3.05, 3.63) is 176 Å². The second kappa shape index (κ2) is 11.0. The lowest BCUT2D eigenvalue weighted by Gasteiger charge is -2.13. The number of rotatable bonds is 4. The minimum absolute atomic E-state index is 0.945. The zero-order chi connectivity index (χ0) is 32.3. The van der Waals surface area contributed by atoms with Crippen molar-refractivity contribution in [1.82, 2.24) is 14.4 Å². The van der Waals surface area contributed by atoms with Crippen LogP contribution in [0.2, 0.25) is 0 Å². The van der Waals surface area contributed by atoms with Crippen LogP contribution in [0, 0.1) is 0 Å². The molecule has 0 unspecified atom stereocenters. The van der Waals surface area contributed by atoms with Gasteiger partial charge >= 0.3 is 0 Å². The summed E-state index contributed by atoms with van der Waals surface area (Å²) in [6.07, 6.45) is 0. The highest BCUT2D eigenvalue weighted by Gasteiger charge is 2.16. The van der Waals surface area contributed by atoms with Crippen LogP contribution in [-0.2, 0) is 0 Å². The first-order valence-electron chi connectivity index (χ1n) is 16.7. The zero-order valence-corrected chi connectivity index (χ0v) is 26.6. The third kappa shape index (κ3) is 4.67. The molecule has 10 aromatic rings. The maximum absolute atomic E-state index is 5.28. The monoisotopic (exact) mass is 623 g/mol. The molecule has 0 N–H and O–H groups in total. The number of hydrogen-bond acceptors (Lipinski definition) is 2. The number of fused-ring (bicyclic) bond motifs is 7. The fourth-order valence-corrected chi connectivity index (χ4v) is 7.26. The molecule has 0 saturated heterocycles. The maximum atomic E-state index is 5.28. The van der Waals surface area contributed by atoms with Crippen LogP contribution in [0.3, 0.4) is 0 Å². The molecule has 0 spiro atoms. The average molecular weight is 624 g/mol. The second-order valence-electron chi connectivity index (χ2n) is 12.7. The van der Waals surface area contributed by atoms with Crippen molar-refractivity contribution in [1.29, 1.82) is 0 Å². The molecule has 0 bridgehead atoms. The van der Waals surface area contributed by atoms with Gasteiger partial charge in [-0.3, -0.25) is 0 Å². The summed E-state index contributed by atoms with van der Waals surface area (Å²) in [4.78, 5) is 10.5. The summed E-state index contributed by atoms with van der Waals surface area (Å²) in [5.41, 5.74) is 12.7. The van der Waals surface area contributed by atoms with Crippen molar-refractivity contribution in [2.45, 2.75) is 0 Å². The first-order valence-corrected chi connectivity index (χ1v) is 16.7. The van der Waals surface area contributed by atoms with E-state index in [9.17, 15) is 0 Å². The van der Waals surface area contributed by atoms with Gasteiger partial charge in [-0.25, -0.2) is 9.97 Å². The molecule has 0 amide bonds. The van der Waals surface area contributed by atoms with E-state index < -0.39 is 0 Å².